The summed E-state index contributed by atoms with van der Waals surface area (Å²) in [6.07, 6.45) is 7.09. The van der Waals surface area contributed by atoms with E-state index in [1.807, 2.05) is 0 Å². The number of piperidine rings is 1. The smallest absolute Gasteiger partial charge is 0.00103 e. The van der Waals surface area contributed by atoms with Gasteiger partial charge in [0.1, 0.15) is 0 Å². The molecule has 0 saturated carbocycles. The van der Waals surface area contributed by atoms with Crippen LogP contribution in [0.15, 0.2) is 0 Å². The lowest BCUT2D eigenvalue weighted by atomic mass is 9.96. The van der Waals surface area contributed by atoms with Crippen LogP contribution >= 0.6 is 0 Å². The molecule has 2 atom stereocenters. The number of hydrogen-bond donors (Lipinski definition) is 1. The van der Waals surface area contributed by atoms with Gasteiger partial charge in [0.25, 0.3) is 0 Å². The van der Waals surface area contributed by atoms with Crippen molar-refractivity contribution in [3.05, 3.63) is 0 Å². The Balaban J connectivity index is 1.74. The maximum absolute atomic E-state index is 3.50. The molecule has 0 radical (unpaired) electrons. The van der Waals surface area contributed by atoms with E-state index in [-0.39, 0.29) is 0 Å². The number of nitrogens with zero attached hydrogens (tertiary/aromatic N) is 1. The van der Waals surface area contributed by atoms with Gasteiger partial charge in [-0.25, -0.2) is 0 Å². The molecular weight excluding hydrogens is 184 g/mol. The zero-order valence-corrected chi connectivity index (χ0v) is 10.2. The lowest BCUT2D eigenvalue weighted by Gasteiger charge is -2.33. The molecule has 2 aliphatic heterocycles. The molecule has 2 rings (SSSR count). The first-order valence-electron chi connectivity index (χ1n) is 6.77. The van der Waals surface area contributed by atoms with Gasteiger partial charge in [-0.3, -0.25) is 0 Å². The monoisotopic (exact) mass is 210 g/mol. The van der Waals surface area contributed by atoms with E-state index in [1.54, 1.807) is 0 Å². The van der Waals surface area contributed by atoms with Crippen molar-refractivity contribution in [2.24, 2.45) is 11.8 Å². The molecule has 0 aliphatic carbocycles. The summed E-state index contributed by atoms with van der Waals surface area (Å²) in [6.45, 7) is 8.96. The molecule has 2 heterocycles. The summed E-state index contributed by atoms with van der Waals surface area (Å²) >= 11 is 0. The molecule has 88 valence electrons. The molecule has 0 aromatic heterocycles. The number of hydrogen-bond acceptors (Lipinski definition) is 2. The average Bonchev–Trinajstić information content (AvgIpc) is 2.46. The summed E-state index contributed by atoms with van der Waals surface area (Å²) in [6, 6.07) is 0. The maximum atomic E-state index is 3.50. The summed E-state index contributed by atoms with van der Waals surface area (Å²) in [5.74, 6) is 1.90. The highest BCUT2D eigenvalue weighted by molar-refractivity contribution is 4.75. The van der Waals surface area contributed by atoms with E-state index >= 15 is 0 Å². The first kappa shape index (κ1) is 11.4. The van der Waals surface area contributed by atoms with Crippen molar-refractivity contribution in [1.29, 1.82) is 0 Å². The number of likely N-dealkylation sites (tertiary alicyclic amines) is 1. The molecule has 1 N–H and O–H groups in total. The van der Waals surface area contributed by atoms with E-state index in [9.17, 15) is 0 Å². The fourth-order valence-corrected chi connectivity index (χ4v) is 3.09. The molecule has 0 bridgehead atoms. The summed E-state index contributed by atoms with van der Waals surface area (Å²) in [4.78, 5) is 2.71. The van der Waals surface area contributed by atoms with E-state index in [0.717, 1.165) is 11.8 Å². The number of nitrogens with one attached hydrogen (secondary N) is 1. The second kappa shape index (κ2) is 5.86. The Morgan fingerprint density at radius 1 is 1.13 bits per heavy atom. The van der Waals surface area contributed by atoms with Gasteiger partial charge in [0, 0.05) is 13.1 Å². The van der Waals surface area contributed by atoms with Gasteiger partial charge in [0.15, 0.2) is 0 Å². The SMILES string of the molecule is CC1CCCN(CC2CCCNCC2)C1. The Bertz CT molecular complexity index is 173. The van der Waals surface area contributed by atoms with Gasteiger partial charge in [0.05, 0.1) is 0 Å². The molecule has 0 amide bonds. The summed E-state index contributed by atoms with van der Waals surface area (Å²) in [7, 11) is 0. The zero-order chi connectivity index (χ0) is 10.5. The van der Waals surface area contributed by atoms with Gasteiger partial charge >= 0.3 is 0 Å². The third kappa shape index (κ3) is 3.76. The minimum Gasteiger partial charge on any atom is -0.317 e. The van der Waals surface area contributed by atoms with Gasteiger partial charge in [-0.1, -0.05) is 6.92 Å². The standard InChI is InChI=1S/C13H26N2/c1-12-4-3-9-15(10-12)11-13-5-2-7-14-8-6-13/h12-14H,2-11H2,1H3. The van der Waals surface area contributed by atoms with Crippen molar-refractivity contribution < 1.29 is 0 Å². The second-order valence-corrected chi connectivity index (χ2v) is 5.55. The van der Waals surface area contributed by atoms with E-state index in [1.165, 1.54) is 64.8 Å². The third-order valence-electron chi connectivity index (χ3n) is 3.95. The predicted molar refractivity (Wildman–Crippen MR) is 65.0 cm³/mol. The van der Waals surface area contributed by atoms with E-state index in [2.05, 4.69) is 17.1 Å². The highest BCUT2D eigenvalue weighted by atomic mass is 15.1. The molecule has 2 aliphatic rings. The van der Waals surface area contributed by atoms with Crippen molar-refractivity contribution in [2.45, 2.75) is 39.0 Å². The van der Waals surface area contributed by atoms with Crippen LogP contribution in [0.4, 0.5) is 0 Å². The molecule has 0 aromatic rings. The van der Waals surface area contributed by atoms with Crippen molar-refractivity contribution in [3.63, 3.8) is 0 Å². The second-order valence-electron chi connectivity index (χ2n) is 5.55. The Kier molecular flexibility index (Phi) is 4.45. The van der Waals surface area contributed by atoms with Gasteiger partial charge < -0.3 is 10.2 Å². The van der Waals surface area contributed by atoms with Crippen LogP contribution in [0.2, 0.25) is 0 Å². The molecule has 15 heavy (non-hydrogen) atoms. The summed E-state index contributed by atoms with van der Waals surface area (Å²) < 4.78 is 0. The van der Waals surface area contributed by atoms with Crippen LogP contribution < -0.4 is 5.32 Å². The molecule has 2 nitrogen and oxygen atoms in total. The molecule has 2 fully saturated rings. The molecule has 0 spiro atoms. The minimum atomic E-state index is 0.933. The van der Waals surface area contributed by atoms with E-state index in [4.69, 9.17) is 0 Å². The van der Waals surface area contributed by atoms with Crippen molar-refractivity contribution in [3.8, 4) is 0 Å². The number of rotatable bonds is 2. The fraction of sp³-hybridized carbons (Fsp3) is 1.00. The van der Waals surface area contributed by atoms with Crippen LogP contribution in [0, 0.1) is 11.8 Å². The third-order valence-corrected chi connectivity index (χ3v) is 3.95. The lowest BCUT2D eigenvalue weighted by Crippen LogP contribution is -2.37. The Labute approximate surface area is 94.4 Å². The van der Waals surface area contributed by atoms with Crippen LogP contribution in [0.5, 0.6) is 0 Å². The lowest BCUT2D eigenvalue weighted by molar-refractivity contribution is 0.154. The van der Waals surface area contributed by atoms with Crippen LogP contribution in [0.3, 0.4) is 0 Å². The largest absolute Gasteiger partial charge is 0.317 e. The molecule has 0 aromatic carbocycles. The fourth-order valence-electron chi connectivity index (χ4n) is 3.09. The van der Waals surface area contributed by atoms with Crippen LogP contribution in [-0.2, 0) is 0 Å². The normalized spacial score (nSPS) is 35.0. The average molecular weight is 210 g/mol. The Morgan fingerprint density at radius 2 is 2.07 bits per heavy atom. The van der Waals surface area contributed by atoms with Gasteiger partial charge in [-0.05, 0) is 63.6 Å². The van der Waals surface area contributed by atoms with Crippen LogP contribution in [-0.4, -0.2) is 37.6 Å². The Morgan fingerprint density at radius 3 is 2.93 bits per heavy atom. The quantitative estimate of drug-likeness (QED) is 0.751. The van der Waals surface area contributed by atoms with Crippen LogP contribution in [0.1, 0.15) is 39.0 Å². The first-order chi connectivity index (χ1) is 7.34. The highest BCUT2D eigenvalue weighted by Crippen LogP contribution is 2.20. The Hall–Kier alpha value is -0.0800. The van der Waals surface area contributed by atoms with Crippen LogP contribution in [0.25, 0.3) is 0 Å². The molecular formula is C13H26N2. The summed E-state index contributed by atoms with van der Waals surface area (Å²) in [5, 5.41) is 3.50. The molecule has 2 unspecified atom stereocenters. The molecule has 2 heteroatoms. The van der Waals surface area contributed by atoms with Gasteiger partial charge in [-0.15, -0.1) is 0 Å². The van der Waals surface area contributed by atoms with E-state index < -0.39 is 0 Å². The summed E-state index contributed by atoms with van der Waals surface area (Å²) in [5.41, 5.74) is 0. The predicted octanol–water partition coefficient (Wildman–Crippen LogP) is 2.11. The van der Waals surface area contributed by atoms with Gasteiger partial charge in [0.2, 0.25) is 0 Å². The highest BCUT2D eigenvalue weighted by Gasteiger charge is 2.20. The molecule has 2 saturated heterocycles. The van der Waals surface area contributed by atoms with E-state index in [0.29, 0.717) is 0 Å². The minimum absolute atomic E-state index is 0.933. The zero-order valence-electron chi connectivity index (χ0n) is 10.2. The maximum Gasteiger partial charge on any atom is 0.00103 e. The van der Waals surface area contributed by atoms with Crippen molar-refractivity contribution >= 4 is 0 Å². The van der Waals surface area contributed by atoms with Crippen molar-refractivity contribution in [1.82, 2.24) is 10.2 Å². The van der Waals surface area contributed by atoms with Gasteiger partial charge in [-0.2, -0.15) is 0 Å². The first-order valence-corrected chi connectivity index (χ1v) is 6.77. The topological polar surface area (TPSA) is 15.3 Å². The van der Waals surface area contributed by atoms with Crippen molar-refractivity contribution in [2.75, 3.05) is 32.7 Å².